The second-order valence-corrected chi connectivity index (χ2v) is 4.44. The van der Waals surface area contributed by atoms with E-state index in [1.165, 1.54) is 0 Å². The topological polar surface area (TPSA) is 20.2 Å². The van der Waals surface area contributed by atoms with E-state index in [0.717, 1.165) is 12.2 Å². The fraction of sp³-hybridized carbons (Fsp3) is 0.667. The first kappa shape index (κ1) is 9.78. The largest absolute Gasteiger partial charge is 0.395 e. The molecule has 0 aromatic heterocycles. The Kier molecular flexibility index (Phi) is 7.49. The number of thioether (sulfide) groups is 1. The van der Waals surface area contributed by atoms with Gasteiger partial charge in [0.25, 0.3) is 0 Å². The second kappa shape index (κ2) is 6.89. The monoisotopic (exact) mass is 258 g/mol. The highest BCUT2D eigenvalue weighted by Crippen LogP contribution is 2.10. The zero-order valence-electron chi connectivity index (χ0n) is 5.22. The van der Waals surface area contributed by atoms with Crippen molar-refractivity contribution in [3.05, 3.63) is 12.0 Å². The molecule has 54 valence electrons. The molecule has 0 radical (unpaired) electrons. The predicted molar refractivity (Wildman–Crippen MR) is 52.2 cm³/mol. The van der Waals surface area contributed by atoms with Gasteiger partial charge in [-0.1, -0.05) is 29.2 Å². The molecule has 0 aromatic carbocycles. The van der Waals surface area contributed by atoms with Crippen LogP contribution in [0.2, 0.25) is 0 Å². The molecule has 0 aliphatic heterocycles. The summed E-state index contributed by atoms with van der Waals surface area (Å²) in [5.74, 6) is 1.07. The van der Waals surface area contributed by atoms with Gasteiger partial charge in [-0.2, -0.15) is 0 Å². The minimum atomic E-state index is 0.290. The van der Waals surface area contributed by atoms with Gasteiger partial charge in [0.2, 0.25) is 0 Å². The second-order valence-electron chi connectivity index (χ2n) is 1.61. The molecule has 0 rings (SSSR count). The Morgan fingerprint density at radius 2 is 2.44 bits per heavy atom. The summed E-state index contributed by atoms with van der Waals surface area (Å²) < 4.78 is 0.412. The van der Waals surface area contributed by atoms with Crippen molar-refractivity contribution in [1.29, 1.82) is 0 Å². The summed E-state index contributed by atoms with van der Waals surface area (Å²) in [5.41, 5.74) is 0. The molecule has 0 fully saturated rings. The minimum Gasteiger partial charge on any atom is -0.395 e. The van der Waals surface area contributed by atoms with Gasteiger partial charge >= 0.3 is 0 Å². The van der Waals surface area contributed by atoms with Crippen molar-refractivity contribution in [3.63, 3.8) is 0 Å². The molecule has 1 N–H and O–H groups in total. The minimum absolute atomic E-state index is 0.290. The quantitative estimate of drug-likeness (QED) is 0.462. The Hall–Kier alpha value is 0.780. The maximum atomic E-state index is 8.59. The molecular formula is C6H11IOS. The lowest BCUT2D eigenvalue weighted by atomic mass is 10.4. The van der Waals surface area contributed by atoms with Gasteiger partial charge in [0, 0.05) is 3.92 Å². The Morgan fingerprint density at radius 3 is 2.89 bits per heavy atom. The van der Waals surface area contributed by atoms with Crippen molar-refractivity contribution in [3.8, 4) is 0 Å². The molecule has 0 bridgehead atoms. The summed E-state index contributed by atoms with van der Waals surface area (Å²) >= 11 is 3.95. The third-order valence-electron chi connectivity index (χ3n) is 0.865. The van der Waals surface area contributed by atoms with Crippen molar-refractivity contribution < 1.29 is 5.11 Å². The standard InChI is InChI=1S/C6H11IOS/c1-2-9-4-3-6(7)5-8/h2,6,8H,1,3-5H2. The molecule has 0 aliphatic carbocycles. The molecule has 0 spiro atoms. The van der Waals surface area contributed by atoms with E-state index < -0.39 is 0 Å². The first-order valence-corrected chi connectivity index (χ1v) is 5.08. The molecule has 0 saturated heterocycles. The molecular weight excluding hydrogens is 247 g/mol. The number of alkyl halides is 1. The fourth-order valence-corrected chi connectivity index (χ4v) is 1.69. The number of halogens is 1. The number of rotatable bonds is 5. The lowest BCUT2D eigenvalue weighted by Gasteiger charge is -2.01. The van der Waals surface area contributed by atoms with Gasteiger partial charge in [-0.3, -0.25) is 0 Å². The van der Waals surface area contributed by atoms with E-state index in [9.17, 15) is 0 Å². The van der Waals surface area contributed by atoms with Gasteiger partial charge in [0.1, 0.15) is 0 Å². The van der Waals surface area contributed by atoms with Crippen LogP contribution in [0.4, 0.5) is 0 Å². The van der Waals surface area contributed by atoms with Gasteiger partial charge in [-0.05, 0) is 17.6 Å². The first-order valence-electron chi connectivity index (χ1n) is 2.78. The van der Waals surface area contributed by atoms with Crippen LogP contribution in [-0.2, 0) is 0 Å². The summed E-state index contributed by atoms with van der Waals surface area (Å²) in [6.07, 6.45) is 1.06. The Balaban J connectivity index is 2.96. The lowest BCUT2D eigenvalue weighted by Crippen LogP contribution is -2.03. The van der Waals surface area contributed by atoms with Crippen LogP contribution < -0.4 is 0 Å². The third kappa shape index (κ3) is 6.67. The molecule has 0 saturated carbocycles. The van der Waals surface area contributed by atoms with Gasteiger partial charge in [-0.25, -0.2) is 0 Å². The Labute approximate surface area is 74.1 Å². The van der Waals surface area contributed by atoms with E-state index in [0.29, 0.717) is 3.92 Å². The summed E-state index contributed by atoms with van der Waals surface area (Å²) in [7, 11) is 0. The van der Waals surface area contributed by atoms with Crippen LogP contribution in [0.25, 0.3) is 0 Å². The summed E-state index contributed by atoms with van der Waals surface area (Å²) in [6, 6.07) is 0. The smallest absolute Gasteiger partial charge is 0.0549 e. The zero-order valence-corrected chi connectivity index (χ0v) is 8.19. The molecule has 1 nitrogen and oxygen atoms in total. The first-order chi connectivity index (χ1) is 4.31. The Morgan fingerprint density at radius 1 is 1.78 bits per heavy atom. The van der Waals surface area contributed by atoms with Crippen LogP contribution >= 0.6 is 34.4 Å². The Bertz CT molecular complexity index is 77.5. The third-order valence-corrected chi connectivity index (χ3v) is 2.59. The molecule has 0 aromatic rings. The van der Waals surface area contributed by atoms with Crippen molar-refractivity contribution in [2.24, 2.45) is 0 Å². The molecule has 3 heteroatoms. The highest BCUT2D eigenvalue weighted by Gasteiger charge is 1.98. The van der Waals surface area contributed by atoms with E-state index in [-0.39, 0.29) is 6.61 Å². The van der Waals surface area contributed by atoms with Crippen molar-refractivity contribution in [2.75, 3.05) is 12.4 Å². The summed E-state index contributed by atoms with van der Waals surface area (Å²) in [6.45, 7) is 3.87. The predicted octanol–water partition coefficient (Wildman–Crippen LogP) is 2.05. The molecule has 9 heavy (non-hydrogen) atoms. The van der Waals surface area contributed by atoms with Gasteiger partial charge < -0.3 is 5.11 Å². The van der Waals surface area contributed by atoms with Crippen LogP contribution in [0.3, 0.4) is 0 Å². The fourth-order valence-electron chi connectivity index (χ4n) is 0.371. The van der Waals surface area contributed by atoms with E-state index in [1.807, 2.05) is 5.41 Å². The van der Waals surface area contributed by atoms with E-state index in [1.54, 1.807) is 11.8 Å². The number of aliphatic hydroxyl groups excluding tert-OH is 1. The van der Waals surface area contributed by atoms with Gasteiger partial charge in [0.15, 0.2) is 0 Å². The highest BCUT2D eigenvalue weighted by atomic mass is 127. The number of hydrogen-bond donors (Lipinski definition) is 1. The van der Waals surface area contributed by atoms with Crippen molar-refractivity contribution in [1.82, 2.24) is 0 Å². The molecule has 1 unspecified atom stereocenters. The lowest BCUT2D eigenvalue weighted by molar-refractivity contribution is 0.298. The van der Waals surface area contributed by atoms with Gasteiger partial charge in [-0.15, -0.1) is 11.8 Å². The van der Waals surface area contributed by atoms with E-state index >= 15 is 0 Å². The van der Waals surface area contributed by atoms with E-state index in [2.05, 4.69) is 29.2 Å². The normalized spacial score (nSPS) is 13.1. The maximum absolute atomic E-state index is 8.59. The SMILES string of the molecule is C=CSCCC(I)CO. The van der Waals surface area contributed by atoms with Crippen LogP contribution in [0.5, 0.6) is 0 Å². The van der Waals surface area contributed by atoms with Crippen molar-refractivity contribution in [2.45, 2.75) is 10.3 Å². The van der Waals surface area contributed by atoms with Crippen LogP contribution in [0, 0.1) is 0 Å². The number of aliphatic hydroxyl groups is 1. The van der Waals surface area contributed by atoms with Crippen LogP contribution in [-0.4, -0.2) is 21.4 Å². The maximum Gasteiger partial charge on any atom is 0.0549 e. The van der Waals surface area contributed by atoms with E-state index in [4.69, 9.17) is 5.11 Å². The summed E-state index contributed by atoms with van der Waals surface area (Å²) in [4.78, 5) is 0. The van der Waals surface area contributed by atoms with Crippen molar-refractivity contribution >= 4 is 34.4 Å². The van der Waals surface area contributed by atoms with Gasteiger partial charge in [0.05, 0.1) is 6.61 Å². The molecule has 0 aliphatic rings. The van der Waals surface area contributed by atoms with Crippen LogP contribution in [0.1, 0.15) is 6.42 Å². The highest BCUT2D eigenvalue weighted by molar-refractivity contribution is 14.1. The molecule has 1 atom stereocenters. The van der Waals surface area contributed by atoms with Crippen LogP contribution in [0.15, 0.2) is 12.0 Å². The molecule has 0 amide bonds. The molecule has 0 heterocycles. The average Bonchev–Trinajstić information content (AvgIpc) is 1.89. The average molecular weight is 258 g/mol. The summed E-state index contributed by atoms with van der Waals surface area (Å²) in [5, 5.41) is 10.4. The number of hydrogen-bond acceptors (Lipinski definition) is 2. The zero-order chi connectivity index (χ0) is 7.11.